The molecule has 57 heavy (non-hydrogen) atoms. The highest BCUT2D eigenvalue weighted by Crippen LogP contribution is 2.50. The van der Waals surface area contributed by atoms with Crippen molar-refractivity contribution >= 4 is 86.7 Å². The van der Waals surface area contributed by atoms with E-state index in [2.05, 4.69) is 209 Å². The molecular weight excluding hydrogens is 693 g/mol. The van der Waals surface area contributed by atoms with Gasteiger partial charge in [0, 0.05) is 60.7 Å². The number of nitrogens with zero attached hydrogens (tertiary/aromatic N) is 2. The van der Waals surface area contributed by atoms with Crippen molar-refractivity contribution in [3.05, 3.63) is 200 Å². The SMILES string of the molecule is NC1C=CC=CC1C(Nn1c2ccccc2c2c3c4ccccc4c4c(c5ccccc5n4-c4ccc5ccccc5c4)c3c3ccccc3c21)c1ccccc1. The molecule has 1 aliphatic carbocycles. The Hall–Kier alpha value is -7.14. The topological polar surface area (TPSA) is 47.9 Å². The van der Waals surface area contributed by atoms with Crippen molar-refractivity contribution in [2.24, 2.45) is 11.7 Å². The Bertz CT molecular complexity index is 3480. The monoisotopic (exact) mass is 730 g/mol. The van der Waals surface area contributed by atoms with Crippen LogP contribution in [0, 0.1) is 5.92 Å². The summed E-state index contributed by atoms with van der Waals surface area (Å²) in [7, 11) is 0. The number of allylic oxidation sites excluding steroid dienone is 2. The maximum Gasteiger partial charge on any atom is 0.0791 e. The zero-order valence-electron chi connectivity index (χ0n) is 31.2. The van der Waals surface area contributed by atoms with E-state index in [1.54, 1.807) is 0 Å². The minimum absolute atomic E-state index is 0.0435. The van der Waals surface area contributed by atoms with Gasteiger partial charge in [-0.1, -0.05) is 170 Å². The summed E-state index contributed by atoms with van der Waals surface area (Å²) in [6.07, 6.45) is 8.56. The van der Waals surface area contributed by atoms with E-state index in [4.69, 9.17) is 5.73 Å². The Morgan fingerprint density at radius 3 is 1.72 bits per heavy atom. The summed E-state index contributed by atoms with van der Waals surface area (Å²) in [5.41, 5.74) is 18.1. The second-order valence-corrected chi connectivity index (χ2v) is 15.5. The van der Waals surface area contributed by atoms with Gasteiger partial charge in [-0.25, -0.2) is 0 Å². The van der Waals surface area contributed by atoms with Crippen LogP contribution in [0.5, 0.6) is 0 Å². The molecule has 0 aliphatic heterocycles. The molecule has 3 unspecified atom stereocenters. The van der Waals surface area contributed by atoms with Crippen LogP contribution in [0.1, 0.15) is 11.6 Å². The average molecular weight is 731 g/mol. The average Bonchev–Trinajstić information content (AvgIpc) is 3.79. The van der Waals surface area contributed by atoms with Gasteiger partial charge in [0.05, 0.1) is 28.1 Å². The van der Waals surface area contributed by atoms with E-state index in [0.29, 0.717) is 0 Å². The van der Waals surface area contributed by atoms with Crippen molar-refractivity contribution in [3.63, 3.8) is 0 Å². The largest absolute Gasteiger partial charge is 0.324 e. The Morgan fingerprint density at radius 2 is 1.00 bits per heavy atom. The molecule has 0 saturated carbocycles. The Kier molecular flexibility index (Phi) is 7.01. The van der Waals surface area contributed by atoms with Crippen molar-refractivity contribution in [3.8, 4) is 5.69 Å². The van der Waals surface area contributed by atoms with Gasteiger partial charge in [0.25, 0.3) is 0 Å². The van der Waals surface area contributed by atoms with Gasteiger partial charge < -0.3 is 15.7 Å². The van der Waals surface area contributed by atoms with E-state index in [1.165, 1.54) is 86.7 Å². The molecule has 0 fully saturated rings. The van der Waals surface area contributed by atoms with Gasteiger partial charge in [-0.05, 0) is 51.4 Å². The van der Waals surface area contributed by atoms with Crippen LogP contribution in [0.25, 0.3) is 92.4 Å². The van der Waals surface area contributed by atoms with Crippen LogP contribution in [0.3, 0.4) is 0 Å². The number of rotatable bonds is 5. The van der Waals surface area contributed by atoms with Crippen LogP contribution in [0.15, 0.2) is 194 Å². The summed E-state index contributed by atoms with van der Waals surface area (Å²) < 4.78 is 4.88. The Labute approximate surface area is 329 Å². The molecule has 2 heterocycles. The van der Waals surface area contributed by atoms with E-state index < -0.39 is 0 Å². The Morgan fingerprint density at radius 1 is 0.456 bits per heavy atom. The van der Waals surface area contributed by atoms with E-state index in [1.807, 2.05) is 0 Å². The van der Waals surface area contributed by atoms with E-state index in [9.17, 15) is 0 Å². The quantitative estimate of drug-likeness (QED) is 0.173. The number of nitrogens with one attached hydrogen (secondary N) is 1. The third kappa shape index (κ3) is 4.65. The highest BCUT2D eigenvalue weighted by molar-refractivity contribution is 6.45. The summed E-state index contributed by atoms with van der Waals surface area (Å²) in [6, 6.07) is 62.0. The zero-order chi connectivity index (χ0) is 37.6. The predicted octanol–water partition coefficient (Wildman–Crippen LogP) is 12.9. The molecule has 0 saturated heterocycles. The number of para-hydroxylation sites is 2. The lowest BCUT2D eigenvalue weighted by Gasteiger charge is -2.32. The first-order chi connectivity index (χ1) is 28.2. The summed E-state index contributed by atoms with van der Waals surface area (Å²) in [5.74, 6) is 0.0435. The standard InChI is InChI=1S/C53H38N4/c54-44-27-13-10-24-41(44)51(34-17-2-1-3-18-34)55-57-46-29-15-12-26-43(46)50-48-37-20-6-8-22-39(37)52-49(47(48)38-21-7-9-23-40(38)53(50)57)42-25-11-14-28-45(42)56(52)36-31-30-33-16-4-5-19-35(33)32-36/h1-32,41,44,51,55H,54H2. The van der Waals surface area contributed by atoms with Crippen LogP contribution in [-0.4, -0.2) is 15.3 Å². The lowest BCUT2D eigenvalue weighted by molar-refractivity contribution is 0.471. The molecule has 2 aromatic heterocycles. The fraction of sp³-hybridized carbons (Fsp3) is 0.0566. The highest BCUT2D eigenvalue weighted by Gasteiger charge is 2.30. The molecule has 12 rings (SSSR count). The number of benzene rings is 9. The second-order valence-electron chi connectivity index (χ2n) is 15.5. The fourth-order valence-electron chi connectivity index (χ4n) is 9.98. The maximum absolute atomic E-state index is 6.88. The van der Waals surface area contributed by atoms with Gasteiger partial charge in [-0.15, -0.1) is 0 Å². The van der Waals surface area contributed by atoms with Gasteiger partial charge in [0.2, 0.25) is 0 Å². The smallest absolute Gasteiger partial charge is 0.0791 e. The second kappa shape index (κ2) is 12.4. The predicted molar refractivity (Wildman–Crippen MR) is 242 cm³/mol. The summed E-state index contributed by atoms with van der Waals surface area (Å²) in [6.45, 7) is 0. The van der Waals surface area contributed by atoms with Crippen molar-refractivity contribution in [1.29, 1.82) is 0 Å². The van der Waals surface area contributed by atoms with Crippen molar-refractivity contribution in [1.82, 2.24) is 9.24 Å². The minimum atomic E-state index is -0.129. The van der Waals surface area contributed by atoms with Crippen molar-refractivity contribution < 1.29 is 0 Å². The number of hydrogen-bond acceptors (Lipinski definition) is 2. The van der Waals surface area contributed by atoms with Gasteiger partial charge in [-0.2, -0.15) is 0 Å². The number of fused-ring (bicyclic) bond motifs is 16. The fourth-order valence-corrected chi connectivity index (χ4v) is 9.98. The molecule has 0 radical (unpaired) electrons. The normalized spacial score (nSPS) is 16.3. The molecule has 9 aromatic carbocycles. The first-order valence-corrected chi connectivity index (χ1v) is 19.9. The van der Waals surface area contributed by atoms with Crippen LogP contribution < -0.4 is 11.2 Å². The maximum atomic E-state index is 6.88. The zero-order valence-corrected chi connectivity index (χ0v) is 31.2. The first kappa shape index (κ1) is 32.1. The van der Waals surface area contributed by atoms with Crippen molar-refractivity contribution in [2.75, 3.05) is 5.43 Å². The molecule has 0 spiro atoms. The summed E-state index contributed by atoms with van der Waals surface area (Å²) >= 11 is 0. The molecule has 4 nitrogen and oxygen atoms in total. The molecule has 0 bridgehead atoms. The summed E-state index contributed by atoms with van der Waals surface area (Å²) in [5, 5.41) is 14.9. The molecule has 11 aromatic rings. The third-order valence-corrected chi connectivity index (χ3v) is 12.4. The van der Waals surface area contributed by atoms with E-state index >= 15 is 0 Å². The first-order valence-electron chi connectivity index (χ1n) is 19.9. The summed E-state index contributed by atoms with van der Waals surface area (Å²) in [4.78, 5) is 0. The molecule has 4 heteroatoms. The third-order valence-electron chi connectivity index (χ3n) is 12.4. The van der Waals surface area contributed by atoms with Crippen LogP contribution in [-0.2, 0) is 0 Å². The molecule has 1 aliphatic rings. The number of hydrogen-bond donors (Lipinski definition) is 2. The highest BCUT2D eigenvalue weighted by atomic mass is 15.4. The Balaban J connectivity index is 1.27. The van der Waals surface area contributed by atoms with Gasteiger partial charge in [-0.3, -0.25) is 4.68 Å². The van der Waals surface area contributed by atoms with Crippen LogP contribution >= 0.6 is 0 Å². The molecule has 0 amide bonds. The van der Waals surface area contributed by atoms with Crippen molar-refractivity contribution in [2.45, 2.75) is 12.1 Å². The molecule has 3 atom stereocenters. The van der Waals surface area contributed by atoms with E-state index in [0.717, 1.165) is 11.2 Å². The lowest BCUT2D eigenvalue weighted by Crippen LogP contribution is -2.37. The molecule has 3 N–H and O–H groups in total. The van der Waals surface area contributed by atoms with E-state index in [-0.39, 0.29) is 18.0 Å². The van der Waals surface area contributed by atoms with Gasteiger partial charge in [0.15, 0.2) is 0 Å². The van der Waals surface area contributed by atoms with Gasteiger partial charge in [0.1, 0.15) is 0 Å². The minimum Gasteiger partial charge on any atom is -0.324 e. The van der Waals surface area contributed by atoms with Crippen LogP contribution in [0.4, 0.5) is 0 Å². The molecule has 270 valence electrons. The number of nitrogens with two attached hydrogens (primary N) is 1. The van der Waals surface area contributed by atoms with Crippen LogP contribution in [0.2, 0.25) is 0 Å². The molecular formula is C53H38N4. The van der Waals surface area contributed by atoms with Gasteiger partial charge >= 0.3 is 0 Å². The number of aromatic nitrogens is 2. The lowest BCUT2D eigenvalue weighted by atomic mass is 9.85.